The minimum Gasteiger partial charge on any atom is -0.465 e. The summed E-state index contributed by atoms with van der Waals surface area (Å²) >= 11 is 0. The predicted molar refractivity (Wildman–Crippen MR) is 41.1 cm³/mol. The van der Waals surface area contributed by atoms with Gasteiger partial charge in [0, 0.05) is 12.0 Å². The monoisotopic (exact) mass is 153 g/mol. The lowest BCUT2D eigenvalue weighted by Gasteiger charge is -2.13. The molecule has 0 saturated heterocycles. The van der Waals surface area contributed by atoms with Crippen molar-refractivity contribution in [2.75, 3.05) is 0 Å². The summed E-state index contributed by atoms with van der Waals surface area (Å²) in [5.74, 6) is 2.70. The van der Waals surface area contributed by atoms with E-state index in [2.05, 4.69) is 11.2 Å². The number of hydrogen-bond acceptors (Lipinski definition) is 1. The lowest BCUT2D eigenvalue weighted by Crippen LogP contribution is -2.35. The van der Waals surface area contributed by atoms with Gasteiger partial charge in [0.25, 0.3) is 0 Å². The minimum absolute atomic E-state index is 0.0162. The van der Waals surface area contributed by atoms with E-state index in [9.17, 15) is 4.79 Å². The lowest BCUT2D eigenvalue weighted by molar-refractivity contribution is 0.188. The normalized spacial score (nSPS) is 29.4. The van der Waals surface area contributed by atoms with E-state index >= 15 is 0 Å². The molecule has 0 aromatic carbocycles. The van der Waals surface area contributed by atoms with Gasteiger partial charge in [-0.3, -0.25) is 0 Å². The molecule has 3 nitrogen and oxygen atoms in total. The molecule has 2 N–H and O–H groups in total. The van der Waals surface area contributed by atoms with E-state index in [1.165, 1.54) is 0 Å². The Morgan fingerprint density at radius 1 is 1.64 bits per heavy atom. The van der Waals surface area contributed by atoms with Crippen LogP contribution < -0.4 is 5.32 Å². The molecule has 1 aliphatic rings. The molecule has 0 bridgehead atoms. The van der Waals surface area contributed by atoms with E-state index in [-0.39, 0.29) is 12.0 Å². The van der Waals surface area contributed by atoms with Crippen molar-refractivity contribution in [3.8, 4) is 12.3 Å². The molecular weight excluding hydrogens is 142 g/mol. The van der Waals surface area contributed by atoms with Crippen LogP contribution in [0.2, 0.25) is 0 Å². The predicted octanol–water partition coefficient (Wildman–Crippen LogP) is 1.06. The third kappa shape index (κ3) is 1.87. The van der Waals surface area contributed by atoms with E-state index in [0.717, 1.165) is 19.3 Å². The molecule has 3 heteroatoms. The summed E-state index contributed by atoms with van der Waals surface area (Å²) in [6, 6.07) is -0.0162. The molecule has 2 atom stereocenters. The van der Waals surface area contributed by atoms with E-state index < -0.39 is 6.09 Å². The van der Waals surface area contributed by atoms with Gasteiger partial charge in [0.05, 0.1) is 0 Å². The Morgan fingerprint density at radius 3 is 2.91 bits per heavy atom. The van der Waals surface area contributed by atoms with Gasteiger partial charge in [-0.25, -0.2) is 4.79 Å². The highest BCUT2D eigenvalue weighted by atomic mass is 16.4. The molecule has 0 spiro atoms. The van der Waals surface area contributed by atoms with Gasteiger partial charge in [-0.05, 0) is 12.8 Å². The van der Waals surface area contributed by atoms with Gasteiger partial charge < -0.3 is 10.4 Å². The summed E-state index contributed by atoms with van der Waals surface area (Å²) in [5.41, 5.74) is 0. The van der Waals surface area contributed by atoms with E-state index in [1.54, 1.807) is 0 Å². The molecule has 0 radical (unpaired) electrons. The van der Waals surface area contributed by atoms with Crippen molar-refractivity contribution < 1.29 is 9.90 Å². The SMILES string of the molecule is C#C[C@H]1CCC[C@@H]1NC(=O)O. The van der Waals surface area contributed by atoms with Gasteiger partial charge >= 0.3 is 6.09 Å². The van der Waals surface area contributed by atoms with Crippen LogP contribution in [0, 0.1) is 18.3 Å². The van der Waals surface area contributed by atoms with Crippen molar-refractivity contribution in [1.29, 1.82) is 0 Å². The van der Waals surface area contributed by atoms with Crippen molar-refractivity contribution in [2.24, 2.45) is 5.92 Å². The third-order valence-electron chi connectivity index (χ3n) is 2.04. The molecule has 11 heavy (non-hydrogen) atoms. The van der Waals surface area contributed by atoms with Crippen LogP contribution >= 0.6 is 0 Å². The van der Waals surface area contributed by atoms with Gasteiger partial charge in [-0.2, -0.15) is 0 Å². The smallest absolute Gasteiger partial charge is 0.404 e. The van der Waals surface area contributed by atoms with Crippen molar-refractivity contribution in [3.63, 3.8) is 0 Å². The number of carboxylic acid groups (broad SMARTS) is 1. The van der Waals surface area contributed by atoms with Gasteiger partial charge in [-0.1, -0.05) is 6.42 Å². The first-order chi connectivity index (χ1) is 5.24. The molecule has 0 aromatic rings. The Morgan fingerprint density at radius 2 is 2.36 bits per heavy atom. The lowest BCUT2D eigenvalue weighted by atomic mass is 10.1. The quantitative estimate of drug-likeness (QED) is 0.553. The zero-order valence-electron chi connectivity index (χ0n) is 6.21. The van der Waals surface area contributed by atoms with Crippen molar-refractivity contribution in [3.05, 3.63) is 0 Å². The number of rotatable bonds is 1. The van der Waals surface area contributed by atoms with E-state index in [0.29, 0.717) is 0 Å². The molecular formula is C8H11NO2. The van der Waals surface area contributed by atoms with Crippen LogP contribution in [0.1, 0.15) is 19.3 Å². The molecule has 0 aliphatic heterocycles. The summed E-state index contributed by atoms with van der Waals surface area (Å²) < 4.78 is 0. The molecule has 0 heterocycles. The number of terminal acetylenes is 1. The topological polar surface area (TPSA) is 49.3 Å². The van der Waals surface area contributed by atoms with Crippen LogP contribution in [-0.2, 0) is 0 Å². The minimum atomic E-state index is -0.975. The van der Waals surface area contributed by atoms with Gasteiger partial charge in [0.2, 0.25) is 0 Å². The average Bonchev–Trinajstić information content (AvgIpc) is 2.34. The first-order valence-electron chi connectivity index (χ1n) is 3.69. The summed E-state index contributed by atoms with van der Waals surface area (Å²) in [7, 11) is 0. The fraction of sp³-hybridized carbons (Fsp3) is 0.625. The van der Waals surface area contributed by atoms with Crippen LogP contribution in [0.3, 0.4) is 0 Å². The van der Waals surface area contributed by atoms with Gasteiger partial charge in [0.15, 0.2) is 0 Å². The van der Waals surface area contributed by atoms with E-state index in [4.69, 9.17) is 11.5 Å². The maximum absolute atomic E-state index is 10.2. The molecule has 0 unspecified atom stereocenters. The first-order valence-corrected chi connectivity index (χ1v) is 3.69. The Bertz CT molecular complexity index is 195. The summed E-state index contributed by atoms with van der Waals surface area (Å²) in [6.07, 6.45) is 7.09. The van der Waals surface area contributed by atoms with Crippen molar-refractivity contribution in [1.82, 2.24) is 5.32 Å². The number of carbonyl (C=O) groups is 1. The van der Waals surface area contributed by atoms with Crippen LogP contribution in [0.5, 0.6) is 0 Å². The standard InChI is InChI=1S/C8H11NO2/c1-2-6-4-3-5-7(6)9-8(10)11/h1,6-7,9H,3-5H2,(H,10,11)/t6-,7-/m0/s1. The highest BCUT2D eigenvalue weighted by molar-refractivity contribution is 5.65. The largest absolute Gasteiger partial charge is 0.465 e. The molecule has 60 valence electrons. The second-order valence-corrected chi connectivity index (χ2v) is 2.76. The molecule has 1 aliphatic carbocycles. The Labute approximate surface area is 65.8 Å². The van der Waals surface area contributed by atoms with Crippen LogP contribution in [-0.4, -0.2) is 17.2 Å². The second-order valence-electron chi connectivity index (χ2n) is 2.76. The van der Waals surface area contributed by atoms with Crippen LogP contribution in [0.4, 0.5) is 4.79 Å². The number of amides is 1. The average molecular weight is 153 g/mol. The Balaban J connectivity index is 2.45. The van der Waals surface area contributed by atoms with Gasteiger partial charge in [-0.15, -0.1) is 12.3 Å². The molecule has 1 saturated carbocycles. The fourth-order valence-corrected chi connectivity index (χ4v) is 1.49. The van der Waals surface area contributed by atoms with E-state index in [1.807, 2.05) is 0 Å². The fourth-order valence-electron chi connectivity index (χ4n) is 1.49. The van der Waals surface area contributed by atoms with Crippen LogP contribution in [0.25, 0.3) is 0 Å². The Hall–Kier alpha value is -1.17. The Kier molecular flexibility index (Phi) is 2.37. The zero-order chi connectivity index (χ0) is 8.27. The number of nitrogens with one attached hydrogen (secondary N) is 1. The zero-order valence-corrected chi connectivity index (χ0v) is 6.21. The summed E-state index contributed by atoms with van der Waals surface area (Å²) in [4.78, 5) is 10.2. The van der Waals surface area contributed by atoms with Crippen molar-refractivity contribution in [2.45, 2.75) is 25.3 Å². The van der Waals surface area contributed by atoms with Crippen LogP contribution in [0.15, 0.2) is 0 Å². The summed E-state index contributed by atoms with van der Waals surface area (Å²) in [6.45, 7) is 0. The maximum atomic E-state index is 10.2. The molecule has 1 rings (SSSR count). The first kappa shape index (κ1) is 7.93. The summed E-state index contributed by atoms with van der Waals surface area (Å²) in [5, 5.41) is 10.8. The highest BCUT2D eigenvalue weighted by Crippen LogP contribution is 2.24. The maximum Gasteiger partial charge on any atom is 0.404 e. The molecule has 1 fully saturated rings. The second kappa shape index (κ2) is 3.29. The molecule has 0 aromatic heterocycles. The van der Waals surface area contributed by atoms with Gasteiger partial charge in [0.1, 0.15) is 0 Å². The molecule has 1 amide bonds. The highest BCUT2D eigenvalue weighted by Gasteiger charge is 2.26. The third-order valence-corrected chi connectivity index (χ3v) is 2.04. The number of hydrogen-bond donors (Lipinski definition) is 2. The van der Waals surface area contributed by atoms with Crippen molar-refractivity contribution >= 4 is 6.09 Å².